The van der Waals surface area contributed by atoms with Gasteiger partial charge in [-0.25, -0.2) is 0 Å². The molecule has 0 amide bonds. The van der Waals surface area contributed by atoms with Crippen LogP contribution < -0.4 is 16.2 Å². The molecule has 1 aromatic heterocycles. The van der Waals surface area contributed by atoms with E-state index in [2.05, 4.69) is 15.6 Å². The van der Waals surface area contributed by atoms with Crippen LogP contribution in [0.3, 0.4) is 0 Å². The summed E-state index contributed by atoms with van der Waals surface area (Å²) in [7, 11) is 1.78. The maximum absolute atomic E-state index is 11.6. The molecule has 0 unspecified atom stereocenters. The van der Waals surface area contributed by atoms with Crippen LogP contribution in [0.25, 0.3) is 0 Å². The SMILES string of the molecule is CN=C(NCCCCn1ccccc1=O)NCCCOCC1CC1.I. The van der Waals surface area contributed by atoms with Gasteiger partial charge in [0.1, 0.15) is 0 Å². The topological polar surface area (TPSA) is 67.7 Å². The van der Waals surface area contributed by atoms with Gasteiger partial charge in [-0.2, -0.15) is 0 Å². The Morgan fingerprint density at radius 3 is 2.68 bits per heavy atom. The van der Waals surface area contributed by atoms with Crippen molar-refractivity contribution in [1.29, 1.82) is 0 Å². The molecule has 2 N–H and O–H groups in total. The van der Waals surface area contributed by atoms with E-state index in [1.54, 1.807) is 23.7 Å². The van der Waals surface area contributed by atoms with Crippen LogP contribution in [0.5, 0.6) is 0 Å². The highest BCUT2D eigenvalue weighted by Gasteiger charge is 2.20. The molecule has 2 rings (SSSR count). The first-order chi connectivity index (χ1) is 11.8. The first-order valence-electron chi connectivity index (χ1n) is 8.97. The lowest BCUT2D eigenvalue weighted by molar-refractivity contribution is 0.123. The van der Waals surface area contributed by atoms with Gasteiger partial charge in [-0.05, 0) is 44.1 Å². The summed E-state index contributed by atoms with van der Waals surface area (Å²) in [4.78, 5) is 15.8. The second-order valence-corrected chi connectivity index (χ2v) is 6.24. The molecule has 0 aromatic carbocycles. The third kappa shape index (κ3) is 9.84. The average Bonchev–Trinajstić information content (AvgIpc) is 3.41. The molecule has 0 radical (unpaired) electrons. The number of rotatable bonds is 11. The van der Waals surface area contributed by atoms with Crippen molar-refractivity contribution in [2.45, 2.75) is 38.6 Å². The summed E-state index contributed by atoms with van der Waals surface area (Å²) in [5.74, 6) is 1.66. The van der Waals surface area contributed by atoms with Crippen molar-refractivity contribution in [3.05, 3.63) is 34.7 Å². The highest BCUT2D eigenvalue weighted by Crippen LogP contribution is 2.28. The van der Waals surface area contributed by atoms with Crippen LogP contribution in [0.15, 0.2) is 34.2 Å². The Labute approximate surface area is 167 Å². The fourth-order valence-corrected chi connectivity index (χ4v) is 2.40. The van der Waals surface area contributed by atoms with E-state index in [4.69, 9.17) is 4.74 Å². The van der Waals surface area contributed by atoms with E-state index in [-0.39, 0.29) is 29.5 Å². The van der Waals surface area contributed by atoms with E-state index in [1.165, 1.54) is 12.8 Å². The van der Waals surface area contributed by atoms with Gasteiger partial charge in [0.25, 0.3) is 0 Å². The predicted octanol–water partition coefficient (Wildman–Crippen LogP) is 2.23. The number of nitrogens with zero attached hydrogens (tertiary/aromatic N) is 2. The lowest BCUT2D eigenvalue weighted by Crippen LogP contribution is -2.38. The summed E-state index contributed by atoms with van der Waals surface area (Å²) in [5.41, 5.74) is 0.0619. The maximum Gasteiger partial charge on any atom is 0.250 e. The zero-order valence-corrected chi connectivity index (χ0v) is 17.4. The number of unbranched alkanes of at least 4 members (excludes halogenated alkanes) is 1. The highest BCUT2D eigenvalue weighted by atomic mass is 127. The molecule has 1 saturated carbocycles. The summed E-state index contributed by atoms with van der Waals surface area (Å²) < 4.78 is 7.35. The fourth-order valence-electron chi connectivity index (χ4n) is 2.40. The maximum atomic E-state index is 11.6. The van der Waals surface area contributed by atoms with Crippen LogP contribution in [0.4, 0.5) is 0 Å². The number of hydrogen-bond acceptors (Lipinski definition) is 3. The molecule has 7 heteroatoms. The van der Waals surface area contributed by atoms with Crippen LogP contribution in [0.1, 0.15) is 32.1 Å². The molecule has 25 heavy (non-hydrogen) atoms. The van der Waals surface area contributed by atoms with Crippen LogP contribution in [-0.4, -0.2) is 43.9 Å². The summed E-state index contributed by atoms with van der Waals surface area (Å²) in [6.45, 7) is 4.21. The van der Waals surface area contributed by atoms with Crippen molar-refractivity contribution in [2.24, 2.45) is 10.9 Å². The average molecular weight is 462 g/mol. The minimum absolute atomic E-state index is 0. The Kier molecular flexibility index (Phi) is 11.6. The van der Waals surface area contributed by atoms with Gasteiger partial charge in [0, 0.05) is 52.2 Å². The first kappa shape index (κ1) is 22.0. The van der Waals surface area contributed by atoms with Crippen molar-refractivity contribution in [3.63, 3.8) is 0 Å². The molecule has 1 heterocycles. The van der Waals surface area contributed by atoms with Gasteiger partial charge in [-0.1, -0.05) is 6.07 Å². The van der Waals surface area contributed by atoms with E-state index in [0.717, 1.165) is 64.0 Å². The zero-order valence-electron chi connectivity index (χ0n) is 15.1. The van der Waals surface area contributed by atoms with Crippen LogP contribution in [0, 0.1) is 5.92 Å². The Hall–Kier alpha value is -1.09. The third-order valence-electron chi connectivity index (χ3n) is 4.05. The van der Waals surface area contributed by atoms with Crippen molar-refractivity contribution in [1.82, 2.24) is 15.2 Å². The summed E-state index contributed by atoms with van der Waals surface area (Å²) >= 11 is 0. The molecule has 142 valence electrons. The minimum Gasteiger partial charge on any atom is -0.381 e. The number of aryl methyl sites for hydroxylation is 1. The molecule has 0 atom stereocenters. The largest absolute Gasteiger partial charge is 0.381 e. The normalized spacial score (nSPS) is 14.0. The number of hydrogen-bond donors (Lipinski definition) is 2. The third-order valence-corrected chi connectivity index (χ3v) is 4.05. The van der Waals surface area contributed by atoms with E-state index < -0.39 is 0 Å². The van der Waals surface area contributed by atoms with E-state index in [0.29, 0.717) is 0 Å². The van der Waals surface area contributed by atoms with Crippen molar-refractivity contribution in [2.75, 3.05) is 33.4 Å². The van der Waals surface area contributed by atoms with Gasteiger partial charge in [-0.15, -0.1) is 24.0 Å². The molecular weight excluding hydrogens is 431 g/mol. The summed E-state index contributed by atoms with van der Waals surface area (Å²) in [6, 6.07) is 5.26. The second-order valence-electron chi connectivity index (χ2n) is 6.24. The molecule has 1 aliphatic carbocycles. The lowest BCUT2D eigenvalue weighted by atomic mass is 10.3. The van der Waals surface area contributed by atoms with Gasteiger partial charge in [0.2, 0.25) is 5.56 Å². The predicted molar refractivity (Wildman–Crippen MR) is 113 cm³/mol. The van der Waals surface area contributed by atoms with Crippen molar-refractivity contribution < 1.29 is 4.74 Å². The number of aromatic nitrogens is 1. The van der Waals surface area contributed by atoms with E-state index in [1.807, 2.05) is 12.3 Å². The van der Waals surface area contributed by atoms with Gasteiger partial charge >= 0.3 is 0 Å². The number of ether oxygens (including phenoxy) is 1. The molecule has 1 aromatic rings. The van der Waals surface area contributed by atoms with Crippen LogP contribution in [0.2, 0.25) is 0 Å². The molecule has 1 fully saturated rings. The van der Waals surface area contributed by atoms with Crippen molar-refractivity contribution in [3.8, 4) is 0 Å². The van der Waals surface area contributed by atoms with Crippen LogP contribution in [-0.2, 0) is 11.3 Å². The molecular formula is C18H31IN4O2. The van der Waals surface area contributed by atoms with E-state index in [9.17, 15) is 4.79 Å². The van der Waals surface area contributed by atoms with Gasteiger partial charge < -0.3 is 19.9 Å². The molecule has 0 aliphatic heterocycles. The number of aliphatic imine (C=N–C) groups is 1. The molecule has 0 saturated heterocycles. The number of halogens is 1. The number of guanidine groups is 1. The highest BCUT2D eigenvalue weighted by molar-refractivity contribution is 14.0. The summed E-state index contributed by atoms with van der Waals surface area (Å²) in [6.07, 6.45) is 7.46. The second kappa shape index (κ2) is 13.2. The fraction of sp³-hybridized carbons (Fsp3) is 0.667. The molecule has 1 aliphatic rings. The molecule has 6 nitrogen and oxygen atoms in total. The van der Waals surface area contributed by atoms with E-state index >= 15 is 0 Å². The molecule has 0 spiro atoms. The van der Waals surface area contributed by atoms with Gasteiger partial charge in [0.15, 0.2) is 5.96 Å². The summed E-state index contributed by atoms with van der Waals surface area (Å²) in [5, 5.41) is 6.59. The minimum atomic E-state index is 0. The molecule has 0 bridgehead atoms. The standard InChI is InChI=1S/C18H30N4O2.HI/c1-19-18(21-11-6-14-24-15-16-8-9-16)20-10-3-5-13-22-12-4-2-7-17(22)23;/h2,4,7,12,16H,3,5-6,8-11,13-15H2,1H3,(H2,19,20,21);1H. The Bertz CT molecular complexity index is 558. The van der Waals surface area contributed by atoms with Crippen LogP contribution >= 0.6 is 24.0 Å². The Morgan fingerprint density at radius 1 is 1.24 bits per heavy atom. The number of nitrogens with one attached hydrogen (secondary N) is 2. The zero-order chi connectivity index (χ0) is 17.0. The Balaban J connectivity index is 0.00000312. The van der Waals surface area contributed by atoms with Gasteiger partial charge in [-0.3, -0.25) is 9.79 Å². The quantitative estimate of drug-likeness (QED) is 0.229. The Morgan fingerprint density at radius 2 is 2.00 bits per heavy atom. The lowest BCUT2D eigenvalue weighted by Gasteiger charge is -2.12. The number of pyridine rings is 1. The van der Waals surface area contributed by atoms with Crippen molar-refractivity contribution >= 4 is 29.9 Å². The smallest absolute Gasteiger partial charge is 0.250 e. The van der Waals surface area contributed by atoms with Gasteiger partial charge in [0.05, 0.1) is 0 Å². The first-order valence-corrected chi connectivity index (χ1v) is 8.97. The monoisotopic (exact) mass is 462 g/mol.